The number of rotatable bonds is 3. The van der Waals surface area contributed by atoms with E-state index in [0.29, 0.717) is 5.56 Å². The fourth-order valence-electron chi connectivity index (χ4n) is 1.25. The Morgan fingerprint density at radius 2 is 2.31 bits per heavy atom. The molecule has 0 atom stereocenters. The van der Waals surface area contributed by atoms with Gasteiger partial charge in [-0.25, -0.2) is 4.79 Å². The average Bonchev–Trinajstić information content (AvgIpc) is 2.28. The zero-order valence-corrected chi connectivity index (χ0v) is 9.41. The van der Waals surface area contributed by atoms with Crippen LogP contribution in [0.5, 0.6) is 0 Å². The van der Waals surface area contributed by atoms with Crippen LogP contribution in [0.4, 0.5) is 0 Å². The summed E-state index contributed by atoms with van der Waals surface area (Å²) in [7, 11) is 0. The number of hydrogen-bond donors (Lipinski definition) is 1. The normalized spacial score (nSPS) is 9.62. The maximum Gasteiger partial charge on any atom is 0.338 e. The number of nitrogens with zero attached hydrogens (tertiary/aromatic N) is 1. The van der Waals surface area contributed by atoms with Crippen LogP contribution in [0.1, 0.15) is 28.4 Å². The number of esters is 1. The number of nitriles is 1. The van der Waals surface area contributed by atoms with Crippen LogP contribution in [-0.2, 0) is 11.3 Å². The molecule has 0 radical (unpaired) electrons. The summed E-state index contributed by atoms with van der Waals surface area (Å²) in [5.74, 6) is -0.524. The van der Waals surface area contributed by atoms with E-state index in [0.717, 1.165) is 0 Å². The summed E-state index contributed by atoms with van der Waals surface area (Å²) in [6.45, 7) is 1.59. The van der Waals surface area contributed by atoms with Gasteiger partial charge in [0.25, 0.3) is 0 Å². The van der Waals surface area contributed by atoms with E-state index in [9.17, 15) is 4.79 Å². The molecule has 1 N–H and O–H groups in total. The third-order valence-electron chi connectivity index (χ3n) is 1.97. The Morgan fingerprint density at radius 1 is 1.62 bits per heavy atom. The van der Waals surface area contributed by atoms with Gasteiger partial charge in [0.15, 0.2) is 0 Å². The summed E-state index contributed by atoms with van der Waals surface area (Å²) >= 11 is 5.82. The van der Waals surface area contributed by atoms with Crippen molar-refractivity contribution in [3.63, 3.8) is 0 Å². The maximum atomic E-state index is 11.4. The molecule has 0 spiro atoms. The lowest BCUT2D eigenvalue weighted by atomic mass is 10.1. The fourth-order valence-corrected chi connectivity index (χ4v) is 1.53. The molecule has 1 rings (SSSR count). The molecule has 0 saturated carbocycles. The van der Waals surface area contributed by atoms with Crippen LogP contribution >= 0.6 is 11.6 Å². The number of halogens is 1. The number of carbonyl (C=O) groups excluding carboxylic acids is 1. The lowest BCUT2D eigenvalue weighted by molar-refractivity contribution is 0.0526. The van der Waals surface area contributed by atoms with Crippen molar-refractivity contribution < 1.29 is 14.6 Å². The molecule has 1 aromatic rings. The summed E-state index contributed by atoms with van der Waals surface area (Å²) in [4.78, 5) is 11.4. The second kappa shape index (κ2) is 5.50. The van der Waals surface area contributed by atoms with E-state index < -0.39 is 5.97 Å². The molecule has 0 unspecified atom stereocenters. The molecule has 5 heteroatoms. The van der Waals surface area contributed by atoms with E-state index >= 15 is 0 Å². The van der Waals surface area contributed by atoms with E-state index in [1.807, 2.05) is 6.07 Å². The van der Waals surface area contributed by atoms with Crippen LogP contribution in [0.3, 0.4) is 0 Å². The van der Waals surface area contributed by atoms with Gasteiger partial charge in [-0.2, -0.15) is 5.26 Å². The van der Waals surface area contributed by atoms with Crippen molar-refractivity contribution in [1.82, 2.24) is 0 Å². The van der Waals surface area contributed by atoms with Gasteiger partial charge in [0, 0.05) is 0 Å². The van der Waals surface area contributed by atoms with E-state index in [2.05, 4.69) is 0 Å². The van der Waals surface area contributed by atoms with Crippen LogP contribution in [0.15, 0.2) is 12.1 Å². The van der Waals surface area contributed by atoms with Gasteiger partial charge in [0.05, 0.1) is 29.4 Å². The first kappa shape index (κ1) is 12.5. The summed E-state index contributed by atoms with van der Waals surface area (Å²) < 4.78 is 4.79. The van der Waals surface area contributed by atoms with Crippen molar-refractivity contribution in [3.05, 3.63) is 33.8 Å². The molecule has 0 aliphatic rings. The number of hydrogen-bond acceptors (Lipinski definition) is 4. The Morgan fingerprint density at radius 3 is 2.81 bits per heavy atom. The van der Waals surface area contributed by atoms with Gasteiger partial charge in [-0.05, 0) is 24.6 Å². The van der Waals surface area contributed by atoms with Crippen LogP contribution in [-0.4, -0.2) is 17.7 Å². The van der Waals surface area contributed by atoms with Gasteiger partial charge < -0.3 is 9.84 Å². The van der Waals surface area contributed by atoms with Crippen molar-refractivity contribution in [1.29, 1.82) is 5.26 Å². The minimum Gasteiger partial charge on any atom is -0.462 e. The van der Waals surface area contributed by atoms with Gasteiger partial charge in [-0.3, -0.25) is 0 Å². The lowest BCUT2D eigenvalue weighted by Gasteiger charge is -2.06. The van der Waals surface area contributed by atoms with Crippen LogP contribution in [0.2, 0.25) is 5.02 Å². The molecular weight excluding hydrogens is 230 g/mol. The van der Waals surface area contributed by atoms with E-state index in [1.165, 1.54) is 12.1 Å². The molecule has 0 bridgehead atoms. The van der Waals surface area contributed by atoms with Gasteiger partial charge in [-0.1, -0.05) is 11.6 Å². The molecule has 0 fully saturated rings. The third kappa shape index (κ3) is 2.51. The second-order valence-electron chi connectivity index (χ2n) is 2.98. The molecule has 1 aromatic carbocycles. The molecule has 0 aliphatic carbocycles. The van der Waals surface area contributed by atoms with Crippen molar-refractivity contribution >= 4 is 17.6 Å². The predicted molar refractivity (Wildman–Crippen MR) is 58.0 cm³/mol. The van der Waals surface area contributed by atoms with Crippen LogP contribution in [0.25, 0.3) is 0 Å². The minimum atomic E-state index is -0.524. The number of benzene rings is 1. The number of ether oxygens (including phenoxy) is 1. The molecule has 0 aliphatic heterocycles. The highest BCUT2D eigenvalue weighted by Gasteiger charge is 2.13. The lowest BCUT2D eigenvalue weighted by Crippen LogP contribution is -2.06. The molecular formula is C11H10ClNO3. The van der Waals surface area contributed by atoms with Gasteiger partial charge in [0.1, 0.15) is 6.07 Å². The van der Waals surface area contributed by atoms with E-state index in [1.54, 1.807) is 6.92 Å². The van der Waals surface area contributed by atoms with Crippen molar-refractivity contribution in [2.24, 2.45) is 0 Å². The number of carbonyl (C=O) groups is 1. The molecule has 4 nitrogen and oxygen atoms in total. The van der Waals surface area contributed by atoms with Crippen molar-refractivity contribution in [2.45, 2.75) is 13.5 Å². The summed E-state index contributed by atoms with van der Waals surface area (Å²) in [5, 5.41) is 18.0. The first-order valence-electron chi connectivity index (χ1n) is 4.64. The SMILES string of the molecule is CCOC(=O)c1cc(Cl)c(C#N)c(CO)c1. The Kier molecular flexibility index (Phi) is 4.29. The molecule has 0 aromatic heterocycles. The quantitative estimate of drug-likeness (QED) is 0.818. The van der Waals surface area contributed by atoms with Gasteiger partial charge in [-0.15, -0.1) is 0 Å². The zero-order valence-electron chi connectivity index (χ0n) is 8.66. The van der Waals surface area contributed by atoms with Gasteiger partial charge in [0.2, 0.25) is 0 Å². The highest BCUT2D eigenvalue weighted by molar-refractivity contribution is 6.32. The maximum absolute atomic E-state index is 11.4. The molecule has 16 heavy (non-hydrogen) atoms. The Balaban J connectivity index is 3.21. The number of aliphatic hydroxyl groups is 1. The third-order valence-corrected chi connectivity index (χ3v) is 2.26. The zero-order chi connectivity index (χ0) is 12.1. The Hall–Kier alpha value is -1.57. The summed E-state index contributed by atoms with van der Waals surface area (Å²) in [6, 6.07) is 4.63. The average molecular weight is 240 g/mol. The van der Waals surface area contributed by atoms with E-state index in [4.69, 9.17) is 26.7 Å². The molecule has 0 amide bonds. The molecule has 0 heterocycles. The number of aliphatic hydroxyl groups excluding tert-OH is 1. The van der Waals surface area contributed by atoms with Crippen LogP contribution in [0, 0.1) is 11.3 Å². The van der Waals surface area contributed by atoms with Gasteiger partial charge >= 0.3 is 5.97 Å². The molecule has 0 saturated heterocycles. The largest absolute Gasteiger partial charge is 0.462 e. The standard InChI is InChI=1S/C11H10ClNO3/c1-2-16-11(15)7-3-8(6-14)9(5-13)10(12)4-7/h3-4,14H,2,6H2,1H3. The van der Waals surface area contributed by atoms with Crippen molar-refractivity contribution in [2.75, 3.05) is 6.61 Å². The molecule has 84 valence electrons. The smallest absolute Gasteiger partial charge is 0.338 e. The summed E-state index contributed by atoms with van der Waals surface area (Å²) in [6.07, 6.45) is 0. The Labute approximate surface area is 98.0 Å². The highest BCUT2D eigenvalue weighted by Crippen LogP contribution is 2.22. The monoisotopic (exact) mass is 239 g/mol. The van der Waals surface area contributed by atoms with E-state index in [-0.39, 0.29) is 29.4 Å². The predicted octanol–water partition coefficient (Wildman–Crippen LogP) is 1.88. The highest BCUT2D eigenvalue weighted by atomic mass is 35.5. The Bertz CT molecular complexity index is 451. The summed E-state index contributed by atoms with van der Waals surface area (Å²) in [5.41, 5.74) is 0.727. The first-order valence-corrected chi connectivity index (χ1v) is 5.02. The fraction of sp³-hybridized carbons (Fsp3) is 0.273. The topological polar surface area (TPSA) is 70.3 Å². The van der Waals surface area contributed by atoms with Crippen LogP contribution < -0.4 is 0 Å². The van der Waals surface area contributed by atoms with Crippen molar-refractivity contribution in [3.8, 4) is 6.07 Å². The second-order valence-corrected chi connectivity index (χ2v) is 3.39. The minimum absolute atomic E-state index is 0.136. The first-order chi connectivity index (χ1) is 7.63.